The van der Waals surface area contributed by atoms with E-state index in [1.807, 2.05) is 13.8 Å². The van der Waals surface area contributed by atoms with Crippen LogP contribution in [0.3, 0.4) is 0 Å². The number of halogens is 1. The van der Waals surface area contributed by atoms with Gasteiger partial charge in [0, 0.05) is 30.4 Å². The molecule has 0 aliphatic carbocycles. The van der Waals surface area contributed by atoms with E-state index in [0.717, 1.165) is 11.8 Å². The van der Waals surface area contributed by atoms with Crippen LogP contribution in [-0.4, -0.2) is 36.4 Å². The first-order chi connectivity index (χ1) is 9.37. The zero-order valence-electron chi connectivity index (χ0n) is 11.6. The molecule has 4 nitrogen and oxygen atoms in total. The van der Waals surface area contributed by atoms with Gasteiger partial charge in [-0.05, 0) is 38.1 Å². The standard InChI is InChI=1S/C15H18FNO3/c1-15(2)10-17(7-8-20-15)13-5-4-12(16)9-11(13)3-6-14(18)19/h3-6,9H,7-8,10H2,1-2H3,(H,18,19)/b6-3+. The number of carboxylic acid groups (broad SMARTS) is 1. The molecule has 1 heterocycles. The highest BCUT2D eigenvalue weighted by molar-refractivity contribution is 5.87. The molecule has 108 valence electrons. The van der Waals surface area contributed by atoms with Gasteiger partial charge in [0.25, 0.3) is 0 Å². The number of carbonyl (C=O) groups is 1. The van der Waals surface area contributed by atoms with Crippen LogP contribution in [0.2, 0.25) is 0 Å². The van der Waals surface area contributed by atoms with E-state index in [1.165, 1.54) is 18.2 Å². The third-order valence-corrected chi connectivity index (χ3v) is 3.16. The molecule has 0 aromatic heterocycles. The minimum absolute atomic E-state index is 0.277. The van der Waals surface area contributed by atoms with Crippen LogP contribution in [0.4, 0.5) is 10.1 Å². The summed E-state index contributed by atoms with van der Waals surface area (Å²) in [6.07, 6.45) is 2.44. The van der Waals surface area contributed by atoms with E-state index in [9.17, 15) is 9.18 Å². The highest BCUT2D eigenvalue weighted by Crippen LogP contribution is 2.27. The predicted molar refractivity (Wildman–Crippen MR) is 75.3 cm³/mol. The Morgan fingerprint density at radius 3 is 2.90 bits per heavy atom. The Morgan fingerprint density at radius 2 is 2.25 bits per heavy atom. The fourth-order valence-corrected chi connectivity index (χ4v) is 2.33. The van der Waals surface area contributed by atoms with Gasteiger partial charge in [-0.15, -0.1) is 0 Å². The number of nitrogens with zero attached hydrogens (tertiary/aromatic N) is 1. The van der Waals surface area contributed by atoms with Crippen molar-refractivity contribution in [2.75, 3.05) is 24.6 Å². The summed E-state index contributed by atoms with van der Waals surface area (Å²) in [6, 6.07) is 4.41. The fourth-order valence-electron chi connectivity index (χ4n) is 2.33. The molecule has 0 atom stereocenters. The lowest BCUT2D eigenvalue weighted by Gasteiger charge is -2.40. The van der Waals surface area contributed by atoms with Crippen molar-refractivity contribution in [3.05, 3.63) is 35.7 Å². The van der Waals surface area contributed by atoms with Gasteiger partial charge >= 0.3 is 5.97 Å². The molecule has 1 aromatic carbocycles. The summed E-state index contributed by atoms with van der Waals surface area (Å²) in [7, 11) is 0. The van der Waals surface area contributed by atoms with Crippen LogP contribution in [0.25, 0.3) is 6.08 Å². The van der Waals surface area contributed by atoms with E-state index in [4.69, 9.17) is 9.84 Å². The fraction of sp³-hybridized carbons (Fsp3) is 0.400. The molecular formula is C15H18FNO3. The van der Waals surface area contributed by atoms with Gasteiger partial charge in [0.2, 0.25) is 0 Å². The Balaban J connectivity index is 2.33. The van der Waals surface area contributed by atoms with Crippen molar-refractivity contribution in [3.8, 4) is 0 Å². The number of benzene rings is 1. The van der Waals surface area contributed by atoms with Crippen molar-refractivity contribution in [2.45, 2.75) is 19.4 Å². The van der Waals surface area contributed by atoms with Gasteiger partial charge in [0.05, 0.1) is 12.2 Å². The van der Waals surface area contributed by atoms with Crippen LogP contribution in [0.5, 0.6) is 0 Å². The van der Waals surface area contributed by atoms with Gasteiger partial charge in [-0.1, -0.05) is 0 Å². The maximum atomic E-state index is 13.4. The quantitative estimate of drug-likeness (QED) is 0.864. The van der Waals surface area contributed by atoms with Gasteiger partial charge in [0.1, 0.15) is 5.82 Å². The summed E-state index contributed by atoms with van der Waals surface area (Å²) in [5.74, 6) is -1.44. The van der Waals surface area contributed by atoms with Gasteiger partial charge < -0.3 is 14.7 Å². The largest absolute Gasteiger partial charge is 0.478 e. The Bertz CT molecular complexity index is 540. The highest BCUT2D eigenvalue weighted by atomic mass is 19.1. The van der Waals surface area contributed by atoms with Gasteiger partial charge in [-0.3, -0.25) is 0 Å². The molecule has 2 rings (SSSR count). The number of hydrogen-bond donors (Lipinski definition) is 1. The highest BCUT2D eigenvalue weighted by Gasteiger charge is 2.28. The second kappa shape index (κ2) is 5.63. The van der Waals surface area contributed by atoms with Crippen LogP contribution in [0.1, 0.15) is 19.4 Å². The molecule has 1 aliphatic rings. The number of anilines is 1. The van der Waals surface area contributed by atoms with Gasteiger partial charge in [0.15, 0.2) is 0 Å². The smallest absolute Gasteiger partial charge is 0.328 e. The molecule has 0 unspecified atom stereocenters. The first-order valence-electron chi connectivity index (χ1n) is 6.47. The maximum Gasteiger partial charge on any atom is 0.328 e. The SMILES string of the molecule is CC1(C)CN(c2ccc(F)cc2/C=C/C(=O)O)CCO1. The number of carboxylic acids is 1. The van der Waals surface area contributed by atoms with E-state index in [0.29, 0.717) is 25.3 Å². The van der Waals surface area contributed by atoms with Crippen LogP contribution in [-0.2, 0) is 9.53 Å². The number of ether oxygens (including phenoxy) is 1. The van der Waals surface area contributed by atoms with Gasteiger partial charge in [-0.25, -0.2) is 9.18 Å². The zero-order chi connectivity index (χ0) is 14.8. The summed E-state index contributed by atoms with van der Waals surface area (Å²) >= 11 is 0. The Labute approximate surface area is 117 Å². The maximum absolute atomic E-state index is 13.4. The van der Waals surface area contributed by atoms with Crippen LogP contribution in [0, 0.1) is 5.82 Å². The molecule has 0 bridgehead atoms. The van der Waals surface area contributed by atoms with Crippen molar-refractivity contribution in [2.24, 2.45) is 0 Å². The third-order valence-electron chi connectivity index (χ3n) is 3.16. The zero-order valence-corrected chi connectivity index (χ0v) is 11.6. The molecule has 0 radical (unpaired) electrons. The predicted octanol–water partition coefficient (Wildman–Crippen LogP) is 2.54. The van der Waals surface area contributed by atoms with Gasteiger partial charge in [-0.2, -0.15) is 0 Å². The van der Waals surface area contributed by atoms with Crippen molar-refractivity contribution < 1.29 is 19.0 Å². The first-order valence-corrected chi connectivity index (χ1v) is 6.47. The monoisotopic (exact) mass is 279 g/mol. The normalized spacial score (nSPS) is 18.4. The Morgan fingerprint density at radius 1 is 1.50 bits per heavy atom. The Hall–Kier alpha value is -1.88. The minimum Gasteiger partial charge on any atom is -0.478 e. The molecular weight excluding hydrogens is 261 g/mol. The molecule has 1 aromatic rings. The number of rotatable bonds is 3. The lowest BCUT2D eigenvalue weighted by molar-refractivity contribution is -0.131. The summed E-state index contributed by atoms with van der Waals surface area (Å²) < 4.78 is 19.0. The molecule has 1 N–H and O–H groups in total. The van der Waals surface area contributed by atoms with E-state index < -0.39 is 5.97 Å². The van der Waals surface area contributed by atoms with E-state index in [-0.39, 0.29) is 11.4 Å². The average molecular weight is 279 g/mol. The lowest BCUT2D eigenvalue weighted by atomic mass is 10.0. The summed E-state index contributed by atoms with van der Waals surface area (Å²) in [5, 5.41) is 8.71. The number of morpholine rings is 1. The third kappa shape index (κ3) is 3.57. The number of hydrogen-bond acceptors (Lipinski definition) is 3. The van der Waals surface area contributed by atoms with E-state index in [1.54, 1.807) is 6.07 Å². The lowest BCUT2D eigenvalue weighted by Crippen LogP contribution is -2.48. The molecule has 1 saturated heterocycles. The molecule has 0 spiro atoms. The second-order valence-corrected chi connectivity index (χ2v) is 5.40. The van der Waals surface area contributed by atoms with E-state index >= 15 is 0 Å². The van der Waals surface area contributed by atoms with Crippen molar-refractivity contribution >= 4 is 17.7 Å². The van der Waals surface area contributed by atoms with Crippen molar-refractivity contribution in [1.82, 2.24) is 0 Å². The summed E-state index contributed by atoms with van der Waals surface area (Å²) in [6.45, 7) is 5.95. The molecule has 1 aliphatic heterocycles. The molecule has 0 saturated carbocycles. The minimum atomic E-state index is -1.05. The summed E-state index contributed by atoms with van der Waals surface area (Å²) in [4.78, 5) is 12.7. The van der Waals surface area contributed by atoms with Crippen LogP contribution >= 0.6 is 0 Å². The van der Waals surface area contributed by atoms with Crippen molar-refractivity contribution in [3.63, 3.8) is 0 Å². The first kappa shape index (κ1) is 14.5. The summed E-state index contributed by atoms with van der Waals surface area (Å²) in [5.41, 5.74) is 1.10. The van der Waals surface area contributed by atoms with Crippen molar-refractivity contribution in [1.29, 1.82) is 0 Å². The van der Waals surface area contributed by atoms with Crippen LogP contribution < -0.4 is 4.90 Å². The molecule has 5 heteroatoms. The topological polar surface area (TPSA) is 49.8 Å². The second-order valence-electron chi connectivity index (χ2n) is 5.40. The molecule has 1 fully saturated rings. The number of aliphatic carboxylic acids is 1. The average Bonchev–Trinajstić information content (AvgIpc) is 2.35. The molecule has 20 heavy (non-hydrogen) atoms. The Kier molecular flexibility index (Phi) is 4.09. The van der Waals surface area contributed by atoms with Crippen LogP contribution in [0.15, 0.2) is 24.3 Å². The molecule has 0 amide bonds. The van der Waals surface area contributed by atoms with E-state index in [2.05, 4.69) is 4.90 Å².